The molecule has 0 saturated carbocycles. The van der Waals surface area contributed by atoms with Crippen molar-refractivity contribution in [3.8, 4) is 11.3 Å². The molecule has 5 nitrogen and oxygen atoms in total. The van der Waals surface area contributed by atoms with Gasteiger partial charge in [0.25, 0.3) is 5.91 Å². The van der Waals surface area contributed by atoms with Crippen LogP contribution < -0.4 is 5.32 Å². The van der Waals surface area contributed by atoms with Gasteiger partial charge in [0.2, 0.25) is 0 Å². The summed E-state index contributed by atoms with van der Waals surface area (Å²) in [5.41, 5.74) is 4.10. The molecule has 0 aliphatic carbocycles. The van der Waals surface area contributed by atoms with Gasteiger partial charge in [-0.1, -0.05) is 18.2 Å². The van der Waals surface area contributed by atoms with Gasteiger partial charge in [-0.05, 0) is 19.9 Å². The standard InChI is InChI=1S/C16H17N3O2S/c1-3-21-8-14(20)19-16-18-13(9-22-16)15-10(2)17-12-7-5-4-6-11(12)15/h4-7,9,17H,3,8H2,1-2H3,(H,18,19,20). The molecule has 0 bridgehead atoms. The summed E-state index contributed by atoms with van der Waals surface area (Å²) in [7, 11) is 0. The number of H-pyrrole nitrogens is 1. The molecular weight excluding hydrogens is 298 g/mol. The number of carbonyl (C=O) groups excluding carboxylic acids is 1. The fraction of sp³-hybridized carbons (Fsp3) is 0.250. The Bertz CT molecular complexity index is 807. The van der Waals surface area contributed by atoms with E-state index in [9.17, 15) is 4.79 Å². The van der Waals surface area contributed by atoms with E-state index in [-0.39, 0.29) is 12.5 Å². The Morgan fingerprint density at radius 3 is 3.05 bits per heavy atom. The molecule has 1 aromatic carbocycles. The molecule has 1 amide bonds. The van der Waals surface area contributed by atoms with Crippen molar-refractivity contribution in [3.05, 3.63) is 35.3 Å². The summed E-state index contributed by atoms with van der Waals surface area (Å²) in [5.74, 6) is -0.182. The lowest BCUT2D eigenvalue weighted by atomic mass is 10.1. The average molecular weight is 315 g/mol. The number of ether oxygens (including phenoxy) is 1. The Morgan fingerprint density at radius 1 is 1.41 bits per heavy atom. The Morgan fingerprint density at radius 2 is 2.23 bits per heavy atom. The summed E-state index contributed by atoms with van der Waals surface area (Å²) in [6.45, 7) is 4.46. The van der Waals surface area contributed by atoms with Crippen molar-refractivity contribution in [3.63, 3.8) is 0 Å². The minimum atomic E-state index is -0.182. The molecule has 0 atom stereocenters. The number of nitrogens with one attached hydrogen (secondary N) is 2. The van der Waals surface area contributed by atoms with Crippen LogP contribution in [0.1, 0.15) is 12.6 Å². The van der Waals surface area contributed by atoms with Crippen molar-refractivity contribution in [1.29, 1.82) is 0 Å². The van der Waals surface area contributed by atoms with E-state index >= 15 is 0 Å². The number of anilines is 1. The number of carbonyl (C=O) groups is 1. The number of rotatable bonds is 5. The van der Waals surface area contributed by atoms with Crippen molar-refractivity contribution in [2.24, 2.45) is 0 Å². The normalized spacial score (nSPS) is 11.0. The van der Waals surface area contributed by atoms with E-state index in [4.69, 9.17) is 4.74 Å². The number of fused-ring (bicyclic) bond motifs is 1. The number of benzene rings is 1. The van der Waals surface area contributed by atoms with Crippen LogP contribution in [0.5, 0.6) is 0 Å². The first-order valence-corrected chi connectivity index (χ1v) is 7.97. The van der Waals surface area contributed by atoms with Crippen LogP contribution in [0.15, 0.2) is 29.6 Å². The lowest BCUT2D eigenvalue weighted by Gasteiger charge is -2.01. The van der Waals surface area contributed by atoms with E-state index in [2.05, 4.69) is 21.4 Å². The molecule has 0 fully saturated rings. The zero-order valence-corrected chi connectivity index (χ0v) is 13.3. The molecular formula is C16H17N3O2S. The smallest absolute Gasteiger partial charge is 0.252 e. The number of para-hydroxylation sites is 1. The lowest BCUT2D eigenvalue weighted by molar-refractivity contribution is -0.120. The molecule has 2 N–H and O–H groups in total. The van der Waals surface area contributed by atoms with Crippen LogP contribution in [0.25, 0.3) is 22.2 Å². The minimum absolute atomic E-state index is 0.0531. The third-order valence-electron chi connectivity index (χ3n) is 3.34. The summed E-state index contributed by atoms with van der Waals surface area (Å²) >= 11 is 1.41. The first kappa shape index (κ1) is 14.7. The van der Waals surface area contributed by atoms with Crippen molar-refractivity contribution in [2.75, 3.05) is 18.5 Å². The molecule has 22 heavy (non-hydrogen) atoms. The maximum atomic E-state index is 11.7. The second-order valence-corrected chi connectivity index (χ2v) is 5.75. The molecule has 2 aromatic heterocycles. The molecule has 3 rings (SSSR count). The van der Waals surface area contributed by atoms with Crippen LogP contribution in [-0.4, -0.2) is 29.1 Å². The summed E-state index contributed by atoms with van der Waals surface area (Å²) in [4.78, 5) is 19.6. The van der Waals surface area contributed by atoms with Gasteiger partial charge in [0.05, 0.1) is 5.69 Å². The van der Waals surface area contributed by atoms with Gasteiger partial charge < -0.3 is 9.72 Å². The Labute approximate surface area is 132 Å². The highest BCUT2D eigenvalue weighted by Crippen LogP contribution is 2.33. The highest BCUT2D eigenvalue weighted by molar-refractivity contribution is 7.14. The van der Waals surface area contributed by atoms with Crippen LogP contribution in [-0.2, 0) is 9.53 Å². The number of aromatic nitrogens is 2. The van der Waals surface area contributed by atoms with E-state index < -0.39 is 0 Å². The van der Waals surface area contributed by atoms with E-state index in [1.165, 1.54) is 11.3 Å². The zero-order chi connectivity index (χ0) is 15.5. The number of hydrogen-bond acceptors (Lipinski definition) is 4. The molecule has 0 aliphatic rings. The van der Waals surface area contributed by atoms with Gasteiger partial charge in [0.1, 0.15) is 6.61 Å². The van der Waals surface area contributed by atoms with Crippen LogP contribution in [0.2, 0.25) is 0 Å². The lowest BCUT2D eigenvalue weighted by Crippen LogP contribution is -2.17. The Hall–Kier alpha value is -2.18. The van der Waals surface area contributed by atoms with Crippen molar-refractivity contribution < 1.29 is 9.53 Å². The van der Waals surface area contributed by atoms with Gasteiger partial charge in [-0.3, -0.25) is 10.1 Å². The number of aromatic amines is 1. The summed E-state index contributed by atoms with van der Waals surface area (Å²) in [6, 6.07) is 8.13. The SMILES string of the molecule is CCOCC(=O)Nc1nc(-c2c(C)[nH]c3ccccc23)cs1. The third-order valence-corrected chi connectivity index (χ3v) is 4.10. The second-order valence-electron chi connectivity index (χ2n) is 4.89. The first-order valence-electron chi connectivity index (χ1n) is 7.10. The molecule has 2 heterocycles. The molecule has 6 heteroatoms. The molecule has 0 aliphatic heterocycles. The molecule has 3 aromatic rings. The van der Waals surface area contributed by atoms with E-state index in [1.54, 1.807) is 0 Å². The van der Waals surface area contributed by atoms with Crippen molar-refractivity contribution >= 4 is 33.3 Å². The van der Waals surface area contributed by atoms with E-state index in [1.807, 2.05) is 37.4 Å². The molecule has 0 unspecified atom stereocenters. The Balaban J connectivity index is 1.86. The van der Waals surface area contributed by atoms with Crippen LogP contribution in [0.3, 0.4) is 0 Å². The Kier molecular flexibility index (Phi) is 4.22. The number of thiazole rings is 1. The summed E-state index contributed by atoms with van der Waals surface area (Å²) < 4.78 is 5.08. The highest BCUT2D eigenvalue weighted by atomic mass is 32.1. The van der Waals surface area contributed by atoms with Gasteiger partial charge in [-0.25, -0.2) is 4.98 Å². The predicted octanol–water partition coefficient (Wildman–Crippen LogP) is 3.57. The average Bonchev–Trinajstić information content (AvgIpc) is 3.08. The van der Waals surface area contributed by atoms with Crippen molar-refractivity contribution in [1.82, 2.24) is 9.97 Å². The fourth-order valence-electron chi connectivity index (χ4n) is 2.40. The summed E-state index contributed by atoms with van der Waals surface area (Å²) in [5, 5.41) is 6.44. The highest BCUT2D eigenvalue weighted by Gasteiger charge is 2.14. The number of nitrogens with zero attached hydrogens (tertiary/aromatic N) is 1. The van der Waals surface area contributed by atoms with Crippen LogP contribution in [0.4, 0.5) is 5.13 Å². The van der Waals surface area contributed by atoms with E-state index in [0.29, 0.717) is 11.7 Å². The molecule has 114 valence electrons. The third kappa shape index (κ3) is 2.88. The van der Waals surface area contributed by atoms with Gasteiger partial charge in [-0.15, -0.1) is 11.3 Å². The predicted molar refractivity (Wildman–Crippen MR) is 89.3 cm³/mol. The quantitative estimate of drug-likeness (QED) is 0.756. The zero-order valence-electron chi connectivity index (χ0n) is 12.5. The van der Waals surface area contributed by atoms with Crippen LogP contribution in [0, 0.1) is 6.92 Å². The van der Waals surface area contributed by atoms with Gasteiger partial charge >= 0.3 is 0 Å². The minimum Gasteiger partial charge on any atom is -0.372 e. The largest absolute Gasteiger partial charge is 0.372 e. The second kappa shape index (κ2) is 6.29. The number of amides is 1. The van der Waals surface area contributed by atoms with E-state index in [0.717, 1.165) is 27.9 Å². The van der Waals surface area contributed by atoms with Gasteiger partial charge in [0.15, 0.2) is 5.13 Å². The van der Waals surface area contributed by atoms with Gasteiger partial charge in [-0.2, -0.15) is 0 Å². The summed E-state index contributed by atoms with van der Waals surface area (Å²) in [6.07, 6.45) is 0. The first-order chi connectivity index (χ1) is 10.7. The van der Waals surface area contributed by atoms with Crippen molar-refractivity contribution in [2.45, 2.75) is 13.8 Å². The monoisotopic (exact) mass is 315 g/mol. The molecule has 0 radical (unpaired) electrons. The van der Waals surface area contributed by atoms with Crippen LogP contribution >= 0.6 is 11.3 Å². The molecule has 0 saturated heterocycles. The fourth-order valence-corrected chi connectivity index (χ4v) is 3.12. The number of aryl methyl sites for hydroxylation is 1. The molecule has 0 spiro atoms. The topological polar surface area (TPSA) is 67.0 Å². The maximum absolute atomic E-state index is 11.7. The maximum Gasteiger partial charge on any atom is 0.252 e. The van der Waals surface area contributed by atoms with Gasteiger partial charge in [0, 0.05) is 34.1 Å². The number of hydrogen-bond donors (Lipinski definition) is 2.